The minimum atomic E-state index is -1.31. The number of carbonyl (C=O) groups is 4. The van der Waals surface area contributed by atoms with Crippen LogP contribution in [0, 0.1) is 47.3 Å². The fraction of sp³-hybridized carbons (Fsp3) is 0.552. The van der Waals surface area contributed by atoms with Gasteiger partial charge in [-0.05, 0) is 97.9 Å². The molecular formula is C58H72CaN6O12. The minimum Gasteiger partial charge on any atom is -0.545 e. The second-order valence-corrected chi connectivity index (χ2v) is 22.2. The van der Waals surface area contributed by atoms with Crippen molar-refractivity contribution in [1.29, 1.82) is 0 Å². The van der Waals surface area contributed by atoms with Gasteiger partial charge in [0.05, 0.1) is 71.7 Å². The van der Waals surface area contributed by atoms with Gasteiger partial charge in [0.2, 0.25) is 0 Å². The quantitative estimate of drug-likeness (QED) is 0.0595. The molecule has 8 heterocycles. The number of oxazole rings is 2. The van der Waals surface area contributed by atoms with Gasteiger partial charge in [-0.3, -0.25) is 9.59 Å². The van der Waals surface area contributed by atoms with E-state index in [-0.39, 0.29) is 143 Å². The first-order valence-electron chi connectivity index (χ1n) is 27.0. The Morgan fingerprint density at radius 2 is 1.00 bits per heavy atom. The van der Waals surface area contributed by atoms with E-state index in [4.69, 9.17) is 27.8 Å². The summed E-state index contributed by atoms with van der Waals surface area (Å²) in [5.41, 5.74) is 3.30. The summed E-state index contributed by atoms with van der Waals surface area (Å²) in [4.78, 5) is 65.0. The first-order valence-corrected chi connectivity index (χ1v) is 27.0. The molecular weight excluding hydrogens is 1010 g/mol. The predicted octanol–water partition coefficient (Wildman–Crippen LogP) is 8.01. The maximum Gasteiger partial charge on any atom is 2.00 e. The number of carboxylic acids is 2. The molecule has 18 nitrogen and oxygen atoms in total. The van der Waals surface area contributed by atoms with Crippen LogP contribution in [0.15, 0.2) is 69.8 Å². The summed E-state index contributed by atoms with van der Waals surface area (Å²) >= 11 is 0. The largest absolute Gasteiger partial charge is 2.00 e. The third-order valence-electron chi connectivity index (χ3n) is 17.1. The number of fused-ring (bicyclic) bond motifs is 2. The Kier molecular flexibility index (Phi) is 17.9. The van der Waals surface area contributed by atoms with E-state index in [1.54, 1.807) is 62.9 Å². The van der Waals surface area contributed by atoms with Crippen LogP contribution >= 0.6 is 0 Å². The molecule has 4 N–H and O–H groups in total. The number of carbonyl (C=O) groups excluding carboxylic acids is 4. The summed E-state index contributed by atoms with van der Waals surface area (Å²) in [5, 5.41) is 29.4. The third kappa shape index (κ3) is 11.5. The molecule has 0 bridgehead atoms. The smallest absolute Gasteiger partial charge is 0.545 e. The maximum absolute atomic E-state index is 13.1. The van der Waals surface area contributed by atoms with Gasteiger partial charge in [0.25, 0.3) is 0 Å². The molecule has 77 heavy (non-hydrogen) atoms. The van der Waals surface area contributed by atoms with Crippen LogP contribution in [-0.2, 0) is 31.8 Å². The van der Waals surface area contributed by atoms with E-state index in [1.807, 2.05) is 26.0 Å². The Bertz CT molecular complexity index is 2840. The van der Waals surface area contributed by atoms with Crippen molar-refractivity contribution in [3.63, 3.8) is 0 Å². The normalized spacial score (nSPS) is 30.0. The van der Waals surface area contributed by atoms with E-state index in [1.165, 1.54) is 0 Å². The number of H-pyrrole nitrogens is 2. The van der Waals surface area contributed by atoms with Crippen molar-refractivity contribution < 1.29 is 57.2 Å². The van der Waals surface area contributed by atoms with Crippen molar-refractivity contribution in [2.24, 2.45) is 47.3 Å². The van der Waals surface area contributed by atoms with Gasteiger partial charge in [-0.25, -0.2) is 9.97 Å². The van der Waals surface area contributed by atoms with Crippen LogP contribution in [0.1, 0.15) is 147 Å². The molecule has 408 valence electrons. The van der Waals surface area contributed by atoms with Gasteiger partial charge in [-0.15, -0.1) is 0 Å². The maximum atomic E-state index is 13.1. The zero-order chi connectivity index (χ0) is 54.4. The zero-order valence-electron chi connectivity index (χ0n) is 45.9. The average molecular weight is 1090 g/mol. The van der Waals surface area contributed by atoms with Crippen molar-refractivity contribution in [3.8, 4) is 0 Å². The number of rotatable bonds is 14. The van der Waals surface area contributed by atoms with Crippen molar-refractivity contribution in [2.75, 3.05) is 24.7 Å². The molecule has 0 aliphatic carbocycles. The van der Waals surface area contributed by atoms with E-state index < -0.39 is 23.5 Å². The molecule has 14 atom stereocenters. The number of Topliss-reactive ketones (excluding diaryl/α,β-unsaturated/α-hetero) is 2. The van der Waals surface area contributed by atoms with Crippen molar-refractivity contribution in [2.45, 2.75) is 143 Å². The number of ether oxygens (including phenoxy) is 4. The Morgan fingerprint density at radius 1 is 0.610 bits per heavy atom. The van der Waals surface area contributed by atoms with Crippen LogP contribution in [0.25, 0.3) is 22.2 Å². The molecule has 0 saturated carbocycles. The Labute approximate surface area is 478 Å². The second-order valence-electron chi connectivity index (χ2n) is 22.2. The molecule has 14 unspecified atom stereocenters. The van der Waals surface area contributed by atoms with E-state index in [0.29, 0.717) is 58.6 Å². The first-order chi connectivity index (χ1) is 36.3. The number of ketones is 2. The van der Waals surface area contributed by atoms with Crippen molar-refractivity contribution >= 4 is 94.8 Å². The number of nitrogens with one attached hydrogen (secondary N) is 4. The summed E-state index contributed by atoms with van der Waals surface area (Å²) in [5.74, 6) is -2.87. The molecule has 19 heteroatoms. The second kappa shape index (κ2) is 23.7. The monoisotopic (exact) mass is 1080 g/mol. The van der Waals surface area contributed by atoms with Crippen molar-refractivity contribution in [3.05, 3.63) is 95.2 Å². The van der Waals surface area contributed by atoms with Gasteiger partial charge in [0, 0.05) is 74.4 Å². The Hall–Kier alpha value is -5.08. The summed E-state index contributed by atoms with van der Waals surface area (Å²) in [6.45, 7) is 16.7. The molecule has 4 aliphatic rings. The topological polar surface area (TPSA) is 259 Å². The van der Waals surface area contributed by atoms with Gasteiger partial charge in [-0.1, -0.05) is 55.4 Å². The summed E-state index contributed by atoms with van der Waals surface area (Å²) in [7, 11) is 3.30. The zero-order valence-corrected chi connectivity index (χ0v) is 48.1. The van der Waals surface area contributed by atoms with E-state index in [2.05, 4.69) is 72.1 Å². The molecule has 4 aliphatic heterocycles. The van der Waals surface area contributed by atoms with Gasteiger partial charge >= 0.3 is 37.7 Å². The van der Waals surface area contributed by atoms with E-state index in [9.17, 15) is 29.4 Å². The minimum absolute atomic E-state index is 0. The van der Waals surface area contributed by atoms with Crippen LogP contribution in [0.3, 0.4) is 0 Å². The number of benzene rings is 2. The molecule has 2 aromatic carbocycles. The van der Waals surface area contributed by atoms with Crippen LogP contribution in [0.4, 0.5) is 11.4 Å². The standard InChI is InChI=1S/2C29H37N3O6.Ca/c2*1-15-10-11-29(17(3)13-16(2)27(38-29)18(4)26(33)20-7-6-12-31-20)37-22(15)14-23-32-25-21(36-23)9-8-19(30-5)24(25)28(34)35;/h2*6-9,12,15-18,22,27,30-31H,10-11,13-14H2,1-5H3,(H,34,35);/q;;+2/p-2. The summed E-state index contributed by atoms with van der Waals surface area (Å²) in [6, 6.07) is 13.9. The fourth-order valence-electron chi connectivity index (χ4n) is 12.5. The molecule has 10 rings (SSSR count). The number of nitrogens with zero attached hydrogens (tertiary/aromatic N) is 2. The number of anilines is 2. The molecule has 4 fully saturated rings. The van der Waals surface area contributed by atoms with Gasteiger partial charge in [0.1, 0.15) is 11.0 Å². The van der Waals surface area contributed by atoms with Crippen LogP contribution in [0.2, 0.25) is 0 Å². The summed E-state index contributed by atoms with van der Waals surface area (Å²) < 4.78 is 39.0. The SMILES string of the molecule is CNc1ccc2oc(CC3OC4(CCC3C)OC(C(C)C(=O)c3ccc[nH]3)C(C)CC4C)nc2c1C(=O)[O-].CNc1ccc2oc(CC3OC4(CCC3C)OC(C(C)C(=O)c3ccc[nH]3)C(C)CC4C)nc2c1C(=O)[O-].[Ca+2]. The average Bonchev–Trinajstić information content (AvgIpc) is 4.33. The van der Waals surface area contributed by atoms with E-state index in [0.717, 1.165) is 38.5 Å². The Morgan fingerprint density at radius 3 is 1.34 bits per heavy atom. The molecule has 4 saturated heterocycles. The molecule has 4 aromatic heterocycles. The third-order valence-corrected chi connectivity index (χ3v) is 17.1. The van der Waals surface area contributed by atoms with Crippen LogP contribution < -0.4 is 20.8 Å². The van der Waals surface area contributed by atoms with Crippen LogP contribution in [0.5, 0.6) is 0 Å². The molecule has 0 radical (unpaired) electrons. The molecule has 2 spiro atoms. The number of carboxylic acid groups (broad SMARTS) is 2. The fourth-order valence-corrected chi connectivity index (χ4v) is 12.5. The molecule has 6 aromatic rings. The first kappa shape index (κ1) is 58.1. The number of hydrogen-bond donors (Lipinski definition) is 4. The van der Waals surface area contributed by atoms with Gasteiger partial charge in [-0.2, -0.15) is 0 Å². The number of aromatic carboxylic acids is 2. The number of aromatic nitrogens is 4. The number of aromatic amines is 2. The number of hydrogen-bond acceptors (Lipinski definition) is 16. The van der Waals surface area contributed by atoms with Gasteiger partial charge in [0.15, 0.2) is 46.1 Å². The van der Waals surface area contributed by atoms with E-state index >= 15 is 0 Å². The van der Waals surface area contributed by atoms with Crippen molar-refractivity contribution in [1.82, 2.24) is 19.9 Å². The molecule has 0 amide bonds. The summed E-state index contributed by atoms with van der Waals surface area (Å²) in [6.07, 6.45) is 8.30. The van der Waals surface area contributed by atoms with Crippen LogP contribution in [-0.4, -0.2) is 131 Å². The Balaban J connectivity index is 0.000000201. The predicted molar refractivity (Wildman–Crippen MR) is 285 cm³/mol. The van der Waals surface area contributed by atoms with Gasteiger partial charge < -0.3 is 68.2 Å².